The Bertz CT molecular complexity index is 1970. The van der Waals surface area contributed by atoms with Crippen molar-refractivity contribution in [2.45, 2.75) is 20.8 Å². The number of fused-ring (bicyclic) bond motifs is 4. The van der Waals surface area contributed by atoms with E-state index in [1.54, 1.807) is 6.92 Å². The van der Waals surface area contributed by atoms with Crippen molar-refractivity contribution in [1.29, 1.82) is 0 Å². The summed E-state index contributed by atoms with van der Waals surface area (Å²) in [6.07, 6.45) is 0. The van der Waals surface area contributed by atoms with Crippen molar-refractivity contribution in [2.75, 3.05) is 0 Å². The van der Waals surface area contributed by atoms with Crippen LogP contribution in [-0.2, 0) is 25.8 Å². The quantitative estimate of drug-likeness (QED) is 0.123. The molecule has 8 aromatic rings. The fraction of sp³-hybridized carbons (Fsp3) is 0.0714. The van der Waals surface area contributed by atoms with E-state index in [4.69, 9.17) is 0 Å². The molecule has 210 valence electrons. The summed E-state index contributed by atoms with van der Waals surface area (Å²) in [6.45, 7) is 9.32. The third kappa shape index (κ3) is 6.05. The number of rotatable bonds is 2. The van der Waals surface area contributed by atoms with Crippen LogP contribution in [0.15, 0.2) is 146 Å². The molecule has 0 atom stereocenters. The van der Waals surface area contributed by atoms with E-state index in [-0.39, 0.29) is 25.8 Å². The first-order valence-electron chi connectivity index (χ1n) is 14.6. The third-order valence-electron chi connectivity index (χ3n) is 7.95. The fourth-order valence-electron chi connectivity index (χ4n) is 6.16. The van der Waals surface area contributed by atoms with Crippen molar-refractivity contribution >= 4 is 43.1 Å². The van der Waals surface area contributed by atoms with Crippen molar-refractivity contribution in [1.82, 2.24) is 0 Å². The van der Waals surface area contributed by atoms with E-state index in [1.165, 1.54) is 76.5 Å². The van der Waals surface area contributed by atoms with Gasteiger partial charge in [0.25, 0.3) is 0 Å². The van der Waals surface area contributed by atoms with Crippen molar-refractivity contribution in [2.24, 2.45) is 0 Å². The summed E-state index contributed by atoms with van der Waals surface area (Å²) in [5.41, 5.74) is 7.94. The average molecular weight is 718 g/mol. The van der Waals surface area contributed by atoms with Crippen LogP contribution < -0.4 is 0 Å². The average Bonchev–Trinajstić information content (AvgIpc) is 3.62. The number of benzene rings is 6. The van der Waals surface area contributed by atoms with Gasteiger partial charge in [0.15, 0.2) is 0 Å². The van der Waals surface area contributed by atoms with Crippen LogP contribution in [-0.4, -0.2) is 0 Å². The van der Waals surface area contributed by atoms with Gasteiger partial charge in [0.2, 0.25) is 0 Å². The van der Waals surface area contributed by atoms with E-state index in [9.17, 15) is 0 Å². The molecule has 0 nitrogen and oxygen atoms in total. The van der Waals surface area contributed by atoms with E-state index in [2.05, 4.69) is 166 Å². The van der Waals surface area contributed by atoms with Crippen LogP contribution in [0.3, 0.4) is 0 Å². The smallest absolute Gasteiger partial charge is 0 e. The summed E-state index contributed by atoms with van der Waals surface area (Å²) in [7, 11) is 0. The van der Waals surface area contributed by atoms with E-state index in [0.717, 1.165) is 0 Å². The molecule has 0 amide bonds. The van der Waals surface area contributed by atoms with Gasteiger partial charge in [-0.25, -0.2) is 0 Å². The Morgan fingerprint density at radius 2 is 0.721 bits per heavy atom. The van der Waals surface area contributed by atoms with Crippen LogP contribution in [0.4, 0.5) is 0 Å². The molecule has 0 aliphatic rings. The van der Waals surface area contributed by atoms with E-state index in [0.29, 0.717) is 0 Å². The van der Waals surface area contributed by atoms with Gasteiger partial charge in [0, 0.05) is 25.8 Å². The van der Waals surface area contributed by atoms with Gasteiger partial charge in [-0.1, -0.05) is 122 Å². The summed E-state index contributed by atoms with van der Waals surface area (Å²) in [5.74, 6) is 0. The molecule has 0 spiro atoms. The first-order chi connectivity index (χ1) is 20.7. The summed E-state index contributed by atoms with van der Waals surface area (Å²) >= 11 is 0. The monoisotopic (exact) mass is 719 g/mol. The van der Waals surface area contributed by atoms with Crippen molar-refractivity contribution in [3.63, 3.8) is 0 Å². The van der Waals surface area contributed by atoms with E-state index in [1.807, 2.05) is 0 Å². The van der Waals surface area contributed by atoms with Crippen LogP contribution >= 0.6 is 0 Å². The summed E-state index contributed by atoms with van der Waals surface area (Å²) in [4.78, 5) is 0. The minimum Gasteiger partial charge on any atom is -0.346 e. The molecule has 0 bridgehead atoms. The van der Waals surface area contributed by atoms with Gasteiger partial charge < -0.3 is 6.92 Å². The molecule has 0 aromatic heterocycles. The van der Waals surface area contributed by atoms with Gasteiger partial charge in [-0.2, -0.15) is 19.1 Å². The Hall–Kier alpha value is -4.07. The summed E-state index contributed by atoms with van der Waals surface area (Å²) in [5, 5.41) is 10.6. The number of hydrogen-bond acceptors (Lipinski definition) is 0. The van der Waals surface area contributed by atoms with Crippen molar-refractivity contribution in [3.8, 4) is 22.3 Å². The summed E-state index contributed by atoms with van der Waals surface area (Å²) < 4.78 is 0. The van der Waals surface area contributed by atoms with E-state index >= 15 is 0 Å². The predicted octanol–water partition coefficient (Wildman–Crippen LogP) is 12.2. The molecule has 0 unspecified atom stereocenters. The molecule has 8 aromatic carbocycles. The molecule has 0 N–H and O–H groups in total. The molecular formula is C42H35Hf-3. The number of aryl methyl sites for hydroxylation is 2. The maximum Gasteiger partial charge on any atom is 0 e. The maximum absolute atomic E-state index is 3.25. The topological polar surface area (TPSA) is 0 Å². The maximum atomic E-state index is 3.25. The third-order valence-corrected chi connectivity index (χ3v) is 7.95. The zero-order chi connectivity index (χ0) is 29.1. The zero-order valence-electron chi connectivity index (χ0n) is 25.1. The standard InChI is InChI=1S/2C20H15.C2H5.Hf/c2*1-14-12-16-8-5-11-19(20(16)13-14)18-10-4-7-15-6-2-3-9-17(15)18;1-2;/h2*2-13H,1H3;1H2,2H3;/q3*-1;. The number of hydrogen-bond donors (Lipinski definition) is 0. The van der Waals surface area contributed by atoms with Crippen LogP contribution in [0.1, 0.15) is 18.1 Å². The van der Waals surface area contributed by atoms with Crippen LogP contribution in [0.25, 0.3) is 65.3 Å². The Kier molecular flexibility index (Phi) is 9.53. The Morgan fingerprint density at radius 1 is 0.395 bits per heavy atom. The molecule has 0 radical (unpaired) electrons. The second-order valence-electron chi connectivity index (χ2n) is 10.7. The Morgan fingerprint density at radius 3 is 1.14 bits per heavy atom. The zero-order valence-corrected chi connectivity index (χ0v) is 28.7. The molecule has 0 fully saturated rings. The fourth-order valence-corrected chi connectivity index (χ4v) is 6.16. The van der Waals surface area contributed by atoms with Gasteiger partial charge >= 0.3 is 0 Å². The molecule has 0 aliphatic heterocycles. The Balaban J connectivity index is 0.000000159. The van der Waals surface area contributed by atoms with Gasteiger partial charge in [-0.05, 0) is 32.7 Å². The Labute approximate surface area is 274 Å². The van der Waals surface area contributed by atoms with Gasteiger partial charge in [0.05, 0.1) is 0 Å². The molecule has 0 heterocycles. The van der Waals surface area contributed by atoms with Crippen LogP contribution in [0.5, 0.6) is 0 Å². The van der Waals surface area contributed by atoms with Crippen LogP contribution in [0, 0.1) is 20.8 Å². The minimum absolute atomic E-state index is 0. The van der Waals surface area contributed by atoms with Gasteiger partial charge in [-0.15, -0.1) is 69.1 Å². The van der Waals surface area contributed by atoms with Gasteiger partial charge in [-0.3, -0.25) is 0 Å². The predicted molar refractivity (Wildman–Crippen MR) is 185 cm³/mol. The van der Waals surface area contributed by atoms with Gasteiger partial charge in [0.1, 0.15) is 0 Å². The van der Waals surface area contributed by atoms with Crippen molar-refractivity contribution < 1.29 is 25.8 Å². The van der Waals surface area contributed by atoms with E-state index < -0.39 is 0 Å². The normalized spacial score (nSPS) is 10.6. The van der Waals surface area contributed by atoms with Crippen LogP contribution in [0.2, 0.25) is 0 Å². The molecule has 0 aliphatic carbocycles. The van der Waals surface area contributed by atoms with Crippen molar-refractivity contribution in [3.05, 3.63) is 164 Å². The molecule has 43 heavy (non-hydrogen) atoms. The molecule has 8 rings (SSSR count). The molecule has 0 saturated heterocycles. The molecule has 1 heteroatoms. The minimum atomic E-state index is 0. The second kappa shape index (κ2) is 13.5. The SMILES string of the molecule is Cc1cc2c(-c3cccc4ccccc34)cccc2[cH-]1.Cc1cc2c(-c3cccc4ccccc34)cccc2[cH-]1.[CH2-]C.[Hf]. The molecule has 0 saturated carbocycles. The first-order valence-corrected chi connectivity index (χ1v) is 14.6. The second-order valence-corrected chi connectivity index (χ2v) is 10.7. The largest absolute Gasteiger partial charge is 0.346 e. The molecular weight excluding hydrogens is 683 g/mol. The summed E-state index contributed by atoms with van der Waals surface area (Å²) in [6, 6.07) is 52.5. The first kappa shape index (κ1) is 30.4.